The molecule has 0 saturated heterocycles. The zero-order chi connectivity index (χ0) is 20.0. The van der Waals surface area contributed by atoms with Crippen molar-refractivity contribution >= 4 is 33.4 Å². The number of hydrogen-bond acceptors (Lipinski definition) is 3. The number of carbonyl (C=O) groups excluding carboxylic acids is 2. The van der Waals surface area contributed by atoms with Crippen LogP contribution in [-0.2, 0) is 9.59 Å². The molecular formula is C21H25BrN2O3. The summed E-state index contributed by atoms with van der Waals surface area (Å²) in [7, 11) is 0. The minimum Gasteiger partial charge on any atom is -0.483 e. The molecule has 0 heterocycles. The summed E-state index contributed by atoms with van der Waals surface area (Å²) in [4.78, 5) is 24.1. The molecule has 144 valence electrons. The second-order valence-electron chi connectivity index (χ2n) is 6.77. The number of halogens is 1. The van der Waals surface area contributed by atoms with E-state index in [4.69, 9.17) is 4.74 Å². The van der Waals surface area contributed by atoms with Crippen LogP contribution in [0.25, 0.3) is 0 Å². The first-order chi connectivity index (χ1) is 12.8. The van der Waals surface area contributed by atoms with Crippen molar-refractivity contribution < 1.29 is 14.3 Å². The lowest BCUT2D eigenvalue weighted by molar-refractivity contribution is -0.125. The van der Waals surface area contributed by atoms with E-state index < -0.39 is 0 Å². The minimum atomic E-state index is -0.339. The molecule has 0 aliphatic rings. The maximum absolute atomic E-state index is 12.0. The lowest BCUT2D eigenvalue weighted by Crippen LogP contribution is -2.36. The summed E-state index contributed by atoms with van der Waals surface area (Å²) in [5.74, 6) is 0.375. The fraction of sp³-hybridized carbons (Fsp3) is 0.333. The van der Waals surface area contributed by atoms with Crippen LogP contribution < -0.4 is 15.4 Å². The predicted molar refractivity (Wildman–Crippen MR) is 111 cm³/mol. The van der Waals surface area contributed by atoms with E-state index in [1.54, 1.807) is 0 Å². The molecule has 0 saturated carbocycles. The standard InChI is InChI=1S/C21H25BrN2O3/c1-13(2)17-7-5-14(3)9-19(17)27-12-21(26)23-11-20(25)24-18-8-6-16(22)10-15(18)4/h5-10,13H,11-12H2,1-4H3,(H,23,26)(H,24,25). The third-order valence-electron chi connectivity index (χ3n) is 4.06. The van der Waals surface area contributed by atoms with Gasteiger partial charge < -0.3 is 15.4 Å². The van der Waals surface area contributed by atoms with Crippen LogP contribution in [0, 0.1) is 13.8 Å². The van der Waals surface area contributed by atoms with E-state index in [0.29, 0.717) is 11.7 Å². The van der Waals surface area contributed by atoms with Crippen LogP contribution in [0.2, 0.25) is 0 Å². The summed E-state index contributed by atoms with van der Waals surface area (Å²) in [6.45, 7) is 7.79. The largest absolute Gasteiger partial charge is 0.483 e. The highest BCUT2D eigenvalue weighted by atomic mass is 79.9. The molecule has 27 heavy (non-hydrogen) atoms. The van der Waals surface area contributed by atoms with Crippen LogP contribution >= 0.6 is 15.9 Å². The van der Waals surface area contributed by atoms with Crippen molar-refractivity contribution in [1.82, 2.24) is 5.32 Å². The van der Waals surface area contributed by atoms with Crippen LogP contribution in [0.1, 0.15) is 36.5 Å². The average Bonchev–Trinajstić information content (AvgIpc) is 2.60. The van der Waals surface area contributed by atoms with E-state index in [2.05, 4.69) is 40.4 Å². The molecule has 2 rings (SSSR count). The molecule has 0 atom stereocenters. The smallest absolute Gasteiger partial charge is 0.258 e. The highest BCUT2D eigenvalue weighted by Gasteiger charge is 2.11. The van der Waals surface area contributed by atoms with Crippen molar-refractivity contribution in [3.8, 4) is 5.75 Å². The van der Waals surface area contributed by atoms with Crippen LogP contribution in [0.5, 0.6) is 5.75 Å². The number of anilines is 1. The van der Waals surface area contributed by atoms with Crippen LogP contribution in [0.15, 0.2) is 40.9 Å². The van der Waals surface area contributed by atoms with Gasteiger partial charge in [-0.25, -0.2) is 0 Å². The number of ether oxygens (including phenoxy) is 1. The Morgan fingerprint density at radius 1 is 1.07 bits per heavy atom. The number of carbonyl (C=O) groups is 2. The average molecular weight is 433 g/mol. The number of hydrogen-bond donors (Lipinski definition) is 2. The van der Waals surface area contributed by atoms with Crippen LogP contribution in [0.3, 0.4) is 0 Å². The molecule has 0 unspecified atom stereocenters. The topological polar surface area (TPSA) is 67.4 Å². The molecule has 2 aromatic rings. The molecule has 0 fully saturated rings. The molecule has 6 heteroatoms. The second kappa shape index (κ2) is 9.55. The zero-order valence-electron chi connectivity index (χ0n) is 16.1. The van der Waals surface area contributed by atoms with Gasteiger partial charge in [0.1, 0.15) is 5.75 Å². The lowest BCUT2D eigenvalue weighted by Gasteiger charge is -2.15. The quantitative estimate of drug-likeness (QED) is 0.684. The number of nitrogens with one attached hydrogen (secondary N) is 2. The molecule has 2 N–H and O–H groups in total. The Morgan fingerprint density at radius 3 is 2.48 bits per heavy atom. The fourth-order valence-corrected chi connectivity index (χ4v) is 3.05. The molecule has 0 spiro atoms. The van der Waals surface area contributed by atoms with Gasteiger partial charge in [0.15, 0.2) is 6.61 Å². The first-order valence-corrected chi connectivity index (χ1v) is 9.61. The number of amides is 2. The third kappa shape index (κ3) is 6.40. The Balaban J connectivity index is 1.84. The van der Waals surface area contributed by atoms with Crippen molar-refractivity contribution in [2.75, 3.05) is 18.5 Å². The van der Waals surface area contributed by atoms with Gasteiger partial charge in [0.25, 0.3) is 5.91 Å². The van der Waals surface area contributed by atoms with Crippen molar-refractivity contribution in [3.63, 3.8) is 0 Å². The SMILES string of the molecule is Cc1ccc(C(C)C)c(OCC(=O)NCC(=O)Nc2ccc(Br)cc2C)c1. The van der Waals surface area contributed by atoms with Crippen molar-refractivity contribution in [2.24, 2.45) is 0 Å². The zero-order valence-corrected chi connectivity index (χ0v) is 17.6. The summed E-state index contributed by atoms with van der Waals surface area (Å²) >= 11 is 3.38. The van der Waals surface area contributed by atoms with Gasteiger partial charge in [-0.15, -0.1) is 0 Å². The third-order valence-corrected chi connectivity index (χ3v) is 4.55. The summed E-state index contributed by atoms with van der Waals surface area (Å²) < 4.78 is 6.62. The summed E-state index contributed by atoms with van der Waals surface area (Å²) in [5.41, 5.74) is 3.78. The van der Waals surface area contributed by atoms with E-state index in [-0.39, 0.29) is 25.0 Å². The molecule has 2 amide bonds. The minimum absolute atomic E-state index is 0.109. The van der Waals surface area contributed by atoms with Crippen molar-refractivity contribution in [2.45, 2.75) is 33.6 Å². The van der Waals surface area contributed by atoms with Gasteiger partial charge in [-0.2, -0.15) is 0 Å². The number of rotatable bonds is 7. The van der Waals surface area contributed by atoms with Crippen molar-refractivity contribution in [3.05, 3.63) is 57.6 Å². The normalized spacial score (nSPS) is 10.6. The summed E-state index contributed by atoms with van der Waals surface area (Å²) in [6, 6.07) is 11.5. The Labute approximate surface area is 168 Å². The summed E-state index contributed by atoms with van der Waals surface area (Å²) in [6.07, 6.45) is 0. The molecule has 0 aromatic heterocycles. The van der Waals surface area contributed by atoms with E-state index in [1.807, 2.05) is 50.2 Å². The summed E-state index contributed by atoms with van der Waals surface area (Å²) in [5, 5.41) is 5.36. The van der Waals surface area contributed by atoms with Gasteiger partial charge in [-0.3, -0.25) is 9.59 Å². The van der Waals surface area contributed by atoms with Gasteiger partial charge in [0.2, 0.25) is 5.91 Å². The van der Waals surface area contributed by atoms with Gasteiger partial charge in [0, 0.05) is 10.2 Å². The molecule has 5 nitrogen and oxygen atoms in total. The molecule has 0 aliphatic heterocycles. The fourth-order valence-electron chi connectivity index (χ4n) is 2.58. The van der Waals surface area contributed by atoms with Gasteiger partial charge >= 0.3 is 0 Å². The number of benzene rings is 2. The highest BCUT2D eigenvalue weighted by Crippen LogP contribution is 2.27. The van der Waals surface area contributed by atoms with E-state index in [9.17, 15) is 9.59 Å². The van der Waals surface area contributed by atoms with Crippen LogP contribution in [-0.4, -0.2) is 25.0 Å². The molecule has 0 aliphatic carbocycles. The molecular weight excluding hydrogens is 408 g/mol. The first kappa shape index (κ1) is 21.0. The number of aryl methyl sites for hydroxylation is 2. The van der Waals surface area contributed by atoms with E-state index >= 15 is 0 Å². The Hall–Kier alpha value is -2.34. The van der Waals surface area contributed by atoms with Gasteiger partial charge in [-0.1, -0.05) is 41.9 Å². The van der Waals surface area contributed by atoms with E-state index in [0.717, 1.165) is 26.9 Å². The van der Waals surface area contributed by atoms with Gasteiger partial charge in [0.05, 0.1) is 6.54 Å². The predicted octanol–water partition coefficient (Wildman–Crippen LogP) is 4.32. The van der Waals surface area contributed by atoms with Crippen molar-refractivity contribution in [1.29, 1.82) is 0 Å². The molecule has 0 radical (unpaired) electrons. The Bertz CT molecular complexity index is 834. The van der Waals surface area contributed by atoms with E-state index in [1.165, 1.54) is 0 Å². The lowest BCUT2D eigenvalue weighted by atomic mass is 10.0. The first-order valence-electron chi connectivity index (χ1n) is 8.82. The maximum Gasteiger partial charge on any atom is 0.258 e. The maximum atomic E-state index is 12.0. The second-order valence-corrected chi connectivity index (χ2v) is 7.68. The molecule has 0 bridgehead atoms. The Kier molecular flexibility index (Phi) is 7.42. The van der Waals surface area contributed by atoms with Gasteiger partial charge in [-0.05, 0) is 60.7 Å². The monoisotopic (exact) mass is 432 g/mol. The Morgan fingerprint density at radius 2 is 1.81 bits per heavy atom. The van der Waals surface area contributed by atoms with Crippen LogP contribution in [0.4, 0.5) is 5.69 Å². The molecule has 2 aromatic carbocycles. The highest BCUT2D eigenvalue weighted by molar-refractivity contribution is 9.10.